The maximum Gasteiger partial charge on any atom is 0.234 e. The van der Waals surface area contributed by atoms with Crippen molar-refractivity contribution in [3.8, 4) is 0 Å². The molecule has 0 spiro atoms. The summed E-state index contributed by atoms with van der Waals surface area (Å²) >= 11 is 0. The molecule has 2 fully saturated rings. The van der Waals surface area contributed by atoms with Gasteiger partial charge in [0.05, 0.1) is 6.61 Å². The number of likely N-dealkylation sites (N-methyl/N-ethyl adjacent to an activating group) is 1. The molecule has 220 valence electrons. The van der Waals surface area contributed by atoms with E-state index < -0.39 is 41.8 Å². The summed E-state index contributed by atoms with van der Waals surface area (Å²) in [7, 11) is 0. The van der Waals surface area contributed by atoms with Crippen molar-refractivity contribution in [1.82, 2.24) is 4.90 Å². The van der Waals surface area contributed by atoms with Gasteiger partial charge in [-0.1, -0.05) is 96.1 Å². The Morgan fingerprint density at radius 3 is 1.83 bits per heavy atom. The second kappa shape index (κ2) is 12.7. The fourth-order valence-electron chi connectivity index (χ4n) is 6.11. The van der Waals surface area contributed by atoms with Gasteiger partial charge in [0.2, 0.25) is 5.91 Å². The summed E-state index contributed by atoms with van der Waals surface area (Å²) < 4.78 is 26.1. The van der Waals surface area contributed by atoms with Gasteiger partial charge in [0.25, 0.3) is 0 Å². The fourth-order valence-corrected chi connectivity index (χ4v) is 6.11. The number of ether oxygens (including phenoxy) is 4. The molecule has 2 heterocycles. The Labute approximate surface area is 247 Å². The van der Waals surface area contributed by atoms with Gasteiger partial charge in [-0.05, 0) is 49.9 Å². The first-order chi connectivity index (χ1) is 20.3. The highest BCUT2D eigenvalue weighted by Gasteiger charge is 2.58. The van der Waals surface area contributed by atoms with Gasteiger partial charge in [-0.25, -0.2) is 0 Å². The van der Waals surface area contributed by atoms with Crippen LogP contribution >= 0.6 is 0 Å². The Kier molecular flexibility index (Phi) is 8.96. The fraction of sp³-hybridized carbons (Fsp3) is 0.424. The Morgan fingerprint density at radius 2 is 1.38 bits per heavy atom. The quantitative estimate of drug-likeness (QED) is 0.125. The van der Waals surface area contributed by atoms with Crippen LogP contribution in [0, 0.1) is 0 Å². The zero-order chi connectivity index (χ0) is 29.7. The zero-order valence-corrected chi connectivity index (χ0v) is 24.5. The van der Waals surface area contributed by atoms with Gasteiger partial charge < -0.3 is 23.8 Å². The zero-order valence-electron chi connectivity index (χ0n) is 24.5. The highest BCUT2D eigenvalue weighted by molar-refractivity contribution is 5.83. The van der Waals surface area contributed by atoms with Gasteiger partial charge in [0.15, 0.2) is 5.79 Å². The molecule has 42 heavy (non-hydrogen) atoms. The summed E-state index contributed by atoms with van der Waals surface area (Å²) in [4.78, 5) is 18.1. The van der Waals surface area contributed by atoms with E-state index in [4.69, 9.17) is 18.9 Å². The molecule has 5 atom stereocenters. The van der Waals surface area contributed by atoms with Crippen LogP contribution in [0.25, 0.3) is 10.4 Å². The third-order valence-electron chi connectivity index (χ3n) is 8.01. The van der Waals surface area contributed by atoms with E-state index in [-0.39, 0.29) is 12.5 Å². The van der Waals surface area contributed by atoms with Crippen molar-refractivity contribution < 1.29 is 23.7 Å². The van der Waals surface area contributed by atoms with E-state index in [0.717, 1.165) is 16.7 Å². The Morgan fingerprint density at radius 1 is 0.905 bits per heavy atom. The summed E-state index contributed by atoms with van der Waals surface area (Å²) in [6.45, 7) is 8.52. The first-order valence-electron chi connectivity index (χ1n) is 14.5. The van der Waals surface area contributed by atoms with Gasteiger partial charge >= 0.3 is 0 Å². The summed E-state index contributed by atoms with van der Waals surface area (Å²) in [6, 6.07) is 29.2. The lowest BCUT2D eigenvalue weighted by Crippen LogP contribution is -2.48. The van der Waals surface area contributed by atoms with Crippen molar-refractivity contribution in [3.63, 3.8) is 0 Å². The number of hydrogen-bond donors (Lipinski definition) is 0. The number of carbonyl (C=O) groups is 1. The second-order valence-electron chi connectivity index (χ2n) is 11.0. The molecule has 3 aromatic rings. The van der Waals surface area contributed by atoms with E-state index in [2.05, 4.69) is 46.4 Å². The molecule has 0 N–H and O–H groups in total. The third-order valence-corrected chi connectivity index (χ3v) is 8.01. The van der Waals surface area contributed by atoms with E-state index in [9.17, 15) is 10.3 Å². The maximum absolute atomic E-state index is 13.5. The number of benzene rings is 3. The summed E-state index contributed by atoms with van der Waals surface area (Å²) in [5.41, 5.74) is 11.3. The molecule has 0 aliphatic carbocycles. The van der Waals surface area contributed by atoms with Gasteiger partial charge in [0.1, 0.15) is 36.1 Å². The van der Waals surface area contributed by atoms with Crippen molar-refractivity contribution in [2.45, 2.75) is 69.5 Å². The minimum atomic E-state index is -1.10. The van der Waals surface area contributed by atoms with Crippen LogP contribution in [-0.4, -0.2) is 66.7 Å². The average Bonchev–Trinajstić information content (AvgIpc) is 3.51. The molecule has 2 saturated heterocycles. The first-order valence-corrected chi connectivity index (χ1v) is 14.5. The summed E-state index contributed by atoms with van der Waals surface area (Å²) in [6.07, 6.45) is -2.60. The van der Waals surface area contributed by atoms with Crippen molar-refractivity contribution in [2.24, 2.45) is 5.11 Å². The largest absolute Gasteiger partial charge is 0.366 e. The second-order valence-corrected chi connectivity index (χ2v) is 11.0. The monoisotopic (exact) mass is 570 g/mol. The third kappa shape index (κ3) is 5.67. The van der Waals surface area contributed by atoms with Crippen LogP contribution in [-0.2, 0) is 29.3 Å². The van der Waals surface area contributed by atoms with Crippen molar-refractivity contribution in [2.75, 3.05) is 19.7 Å². The maximum atomic E-state index is 13.5. The van der Waals surface area contributed by atoms with Gasteiger partial charge in [-0.2, -0.15) is 0 Å². The Bertz CT molecular complexity index is 1280. The SMILES string of the molecule is CCN(CC)C(=O)[C@H](N=[N+]=[N-])[C@@H]1O[C@@H](COC(c2ccccc2)(c2ccccc2)c2ccccc2)[C@H]2OC(C)(C)O[C@@H]12. The number of azide groups is 1. The molecular formula is C33H38N4O5. The van der Waals surface area contributed by atoms with E-state index in [1.54, 1.807) is 4.90 Å². The minimum Gasteiger partial charge on any atom is -0.366 e. The Hall–Kier alpha value is -3.72. The van der Waals surface area contributed by atoms with Gasteiger partial charge in [-0.15, -0.1) is 0 Å². The molecule has 9 heteroatoms. The highest BCUT2D eigenvalue weighted by atomic mass is 16.8. The average molecular weight is 571 g/mol. The van der Waals surface area contributed by atoms with Crippen molar-refractivity contribution >= 4 is 5.91 Å². The standard InChI is InChI=1S/C33H38N4O5/c1-5-37(6-2)31(38)27(35-36-34)29-30-28(41-32(3,4)42-30)26(40-29)22-39-33(23-16-10-7-11-17-23,24-18-12-8-13-19-24)25-20-14-9-15-21-25/h7-21,26-30H,5-6,22H2,1-4H3/t26-,27+,28+,29-,30+/m0/s1. The number of carbonyl (C=O) groups excluding carboxylic acids is 1. The van der Waals surface area contributed by atoms with Crippen LogP contribution in [0.15, 0.2) is 96.1 Å². The van der Waals surface area contributed by atoms with Crippen LogP contribution in [0.4, 0.5) is 0 Å². The molecular weight excluding hydrogens is 532 g/mol. The van der Waals surface area contributed by atoms with Crippen molar-refractivity contribution in [3.05, 3.63) is 118 Å². The van der Waals surface area contributed by atoms with E-state index in [0.29, 0.717) is 13.1 Å². The lowest BCUT2D eigenvalue weighted by molar-refractivity contribution is -0.198. The molecule has 9 nitrogen and oxygen atoms in total. The lowest BCUT2D eigenvalue weighted by Gasteiger charge is -2.37. The minimum absolute atomic E-state index is 0.123. The highest BCUT2D eigenvalue weighted by Crippen LogP contribution is 2.44. The molecule has 2 aliphatic rings. The molecule has 0 aromatic heterocycles. The number of rotatable bonds is 11. The predicted molar refractivity (Wildman–Crippen MR) is 159 cm³/mol. The van der Waals surface area contributed by atoms with E-state index >= 15 is 0 Å². The number of nitrogens with zero attached hydrogens (tertiary/aromatic N) is 4. The smallest absolute Gasteiger partial charge is 0.234 e. The molecule has 0 radical (unpaired) electrons. The number of amides is 1. The predicted octanol–water partition coefficient (Wildman–Crippen LogP) is 5.83. The van der Waals surface area contributed by atoms with Gasteiger partial charge in [-0.3, -0.25) is 4.79 Å². The van der Waals surface area contributed by atoms with E-state index in [1.165, 1.54) is 0 Å². The molecule has 0 unspecified atom stereocenters. The lowest BCUT2D eigenvalue weighted by atomic mass is 9.80. The molecule has 1 amide bonds. The summed E-state index contributed by atoms with van der Waals surface area (Å²) in [5, 5.41) is 3.91. The van der Waals surface area contributed by atoms with Crippen molar-refractivity contribution in [1.29, 1.82) is 0 Å². The van der Waals surface area contributed by atoms with Gasteiger partial charge in [0, 0.05) is 18.0 Å². The van der Waals surface area contributed by atoms with Crippen LogP contribution in [0.3, 0.4) is 0 Å². The molecule has 2 aliphatic heterocycles. The molecule has 5 rings (SSSR count). The normalized spacial score (nSPS) is 23.5. The van der Waals surface area contributed by atoms with E-state index in [1.807, 2.05) is 82.3 Å². The molecule has 0 bridgehead atoms. The first kappa shape index (κ1) is 29.8. The Balaban J connectivity index is 1.53. The summed E-state index contributed by atoms with van der Waals surface area (Å²) in [5.74, 6) is -1.21. The molecule has 3 aromatic carbocycles. The van der Waals surface area contributed by atoms with Crippen LogP contribution < -0.4 is 0 Å². The van der Waals surface area contributed by atoms with Crippen LogP contribution in [0.5, 0.6) is 0 Å². The number of fused-ring (bicyclic) bond motifs is 1. The topological polar surface area (TPSA) is 106 Å². The van der Waals surface area contributed by atoms with Crippen LogP contribution in [0.2, 0.25) is 0 Å². The van der Waals surface area contributed by atoms with Crippen LogP contribution in [0.1, 0.15) is 44.4 Å². The number of hydrogen-bond acceptors (Lipinski definition) is 6. The molecule has 0 saturated carbocycles.